The number of likely N-dealkylation sites (N-methyl/N-ethyl adjacent to an activating group) is 1. The van der Waals surface area contributed by atoms with Crippen molar-refractivity contribution in [3.63, 3.8) is 0 Å². The van der Waals surface area contributed by atoms with Gasteiger partial charge in [0.1, 0.15) is 0 Å². The smallest absolute Gasteiger partial charge is 0.0400 e. The number of benzene rings is 1. The largest absolute Gasteiger partial charge is 0.381 e. The van der Waals surface area contributed by atoms with Crippen LogP contribution in [0.2, 0.25) is 0 Å². The van der Waals surface area contributed by atoms with Gasteiger partial charge in [-0.2, -0.15) is 0 Å². The first kappa shape index (κ1) is 9.53. The highest BCUT2D eigenvalue weighted by Gasteiger charge is 2.18. The van der Waals surface area contributed by atoms with Crippen LogP contribution in [0.5, 0.6) is 0 Å². The van der Waals surface area contributed by atoms with Gasteiger partial charge in [-0.3, -0.25) is 0 Å². The quantitative estimate of drug-likeness (QED) is 0.768. The molecule has 1 fully saturated rings. The molecule has 1 saturated heterocycles. The zero-order valence-electron chi connectivity index (χ0n) is 8.96. The number of hydrogen-bond donors (Lipinski definition) is 1. The van der Waals surface area contributed by atoms with Crippen molar-refractivity contribution >= 4 is 5.69 Å². The predicted octanol–water partition coefficient (Wildman–Crippen LogP) is 2.11. The lowest BCUT2D eigenvalue weighted by Gasteiger charge is -2.14. The van der Waals surface area contributed by atoms with Crippen LogP contribution >= 0.6 is 0 Å². The molecule has 0 saturated carbocycles. The summed E-state index contributed by atoms with van der Waals surface area (Å²) in [5, 5.41) is 3.57. The number of aryl methyl sites for hydroxylation is 1. The van der Waals surface area contributed by atoms with Crippen LogP contribution in [0.1, 0.15) is 12.0 Å². The maximum atomic E-state index is 3.57. The zero-order chi connectivity index (χ0) is 9.97. The fraction of sp³-hybridized carbons (Fsp3) is 0.500. The van der Waals surface area contributed by atoms with Crippen LogP contribution in [-0.4, -0.2) is 31.1 Å². The summed E-state index contributed by atoms with van der Waals surface area (Å²) < 4.78 is 0. The van der Waals surface area contributed by atoms with Crippen molar-refractivity contribution in [2.24, 2.45) is 0 Å². The normalized spacial score (nSPS) is 22.6. The van der Waals surface area contributed by atoms with E-state index in [1.54, 1.807) is 0 Å². The molecule has 14 heavy (non-hydrogen) atoms. The Labute approximate surface area is 85.9 Å². The molecule has 0 spiro atoms. The molecule has 76 valence electrons. The van der Waals surface area contributed by atoms with Crippen molar-refractivity contribution in [3.8, 4) is 0 Å². The number of anilines is 1. The minimum atomic E-state index is 0.627. The van der Waals surface area contributed by atoms with E-state index in [-0.39, 0.29) is 0 Å². The van der Waals surface area contributed by atoms with Gasteiger partial charge in [0.05, 0.1) is 0 Å². The Morgan fingerprint density at radius 1 is 1.43 bits per heavy atom. The molecule has 0 radical (unpaired) electrons. The van der Waals surface area contributed by atoms with Crippen LogP contribution < -0.4 is 5.32 Å². The fourth-order valence-corrected chi connectivity index (χ4v) is 2.02. The molecule has 0 aromatic heterocycles. The summed E-state index contributed by atoms with van der Waals surface area (Å²) in [5.74, 6) is 0. The van der Waals surface area contributed by atoms with Crippen molar-refractivity contribution in [2.45, 2.75) is 19.4 Å². The SMILES string of the molecule is Cc1cccc(NC2CCN(C)C2)c1. The van der Waals surface area contributed by atoms with Crippen molar-refractivity contribution in [1.82, 2.24) is 4.90 Å². The minimum Gasteiger partial charge on any atom is -0.381 e. The minimum absolute atomic E-state index is 0.627. The molecule has 1 aliphatic heterocycles. The first-order valence-electron chi connectivity index (χ1n) is 5.26. The summed E-state index contributed by atoms with van der Waals surface area (Å²) >= 11 is 0. The molecular formula is C12H18N2. The van der Waals surface area contributed by atoms with Crippen LogP contribution in [0.3, 0.4) is 0 Å². The highest BCUT2D eigenvalue weighted by molar-refractivity contribution is 5.46. The summed E-state index contributed by atoms with van der Waals surface area (Å²) in [6.07, 6.45) is 1.25. The van der Waals surface area contributed by atoms with Gasteiger partial charge in [-0.15, -0.1) is 0 Å². The second-order valence-electron chi connectivity index (χ2n) is 4.26. The van der Waals surface area contributed by atoms with Crippen LogP contribution in [0.4, 0.5) is 5.69 Å². The molecule has 0 amide bonds. The number of nitrogens with one attached hydrogen (secondary N) is 1. The summed E-state index contributed by atoms with van der Waals surface area (Å²) in [6, 6.07) is 9.22. The number of likely N-dealkylation sites (tertiary alicyclic amines) is 1. The Morgan fingerprint density at radius 2 is 2.29 bits per heavy atom. The summed E-state index contributed by atoms with van der Waals surface area (Å²) in [4.78, 5) is 2.37. The van der Waals surface area contributed by atoms with Crippen molar-refractivity contribution in [2.75, 3.05) is 25.5 Å². The highest BCUT2D eigenvalue weighted by Crippen LogP contribution is 2.15. The van der Waals surface area contributed by atoms with Gasteiger partial charge in [0.2, 0.25) is 0 Å². The third-order valence-corrected chi connectivity index (χ3v) is 2.78. The van der Waals surface area contributed by atoms with Gasteiger partial charge in [-0.05, 0) is 44.6 Å². The van der Waals surface area contributed by atoms with Gasteiger partial charge in [0, 0.05) is 18.3 Å². The molecule has 1 aromatic carbocycles. The van der Waals surface area contributed by atoms with Crippen LogP contribution in [0.15, 0.2) is 24.3 Å². The maximum absolute atomic E-state index is 3.57. The van der Waals surface area contributed by atoms with E-state index in [1.165, 1.54) is 24.2 Å². The molecule has 2 nitrogen and oxygen atoms in total. The van der Waals surface area contributed by atoms with E-state index in [2.05, 4.69) is 48.5 Å². The molecule has 2 rings (SSSR count). The standard InChI is InChI=1S/C12H18N2/c1-10-4-3-5-11(8-10)13-12-6-7-14(2)9-12/h3-5,8,12-13H,6-7,9H2,1-2H3. The van der Waals surface area contributed by atoms with Crippen LogP contribution in [0, 0.1) is 6.92 Å². The maximum Gasteiger partial charge on any atom is 0.0400 e. The average Bonchev–Trinajstić information content (AvgIpc) is 2.51. The summed E-state index contributed by atoms with van der Waals surface area (Å²) in [7, 11) is 2.18. The highest BCUT2D eigenvalue weighted by atomic mass is 15.2. The van der Waals surface area contributed by atoms with E-state index >= 15 is 0 Å². The van der Waals surface area contributed by atoms with Crippen molar-refractivity contribution in [1.29, 1.82) is 0 Å². The third-order valence-electron chi connectivity index (χ3n) is 2.78. The van der Waals surface area contributed by atoms with Gasteiger partial charge >= 0.3 is 0 Å². The second-order valence-corrected chi connectivity index (χ2v) is 4.26. The predicted molar refractivity (Wildman–Crippen MR) is 60.7 cm³/mol. The molecule has 0 aliphatic carbocycles. The van der Waals surface area contributed by atoms with E-state index in [1.807, 2.05) is 0 Å². The van der Waals surface area contributed by atoms with E-state index in [4.69, 9.17) is 0 Å². The Hall–Kier alpha value is -1.02. The molecule has 1 atom stereocenters. The molecule has 1 aliphatic rings. The van der Waals surface area contributed by atoms with E-state index in [0.717, 1.165) is 6.54 Å². The first-order valence-corrected chi connectivity index (χ1v) is 5.26. The molecule has 2 heteroatoms. The Kier molecular flexibility index (Phi) is 2.73. The lowest BCUT2D eigenvalue weighted by Crippen LogP contribution is -2.23. The first-order chi connectivity index (χ1) is 6.74. The van der Waals surface area contributed by atoms with Gasteiger partial charge in [-0.1, -0.05) is 12.1 Å². The summed E-state index contributed by atoms with van der Waals surface area (Å²) in [5.41, 5.74) is 2.58. The number of nitrogens with zero attached hydrogens (tertiary/aromatic N) is 1. The monoisotopic (exact) mass is 190 g/mol. The molecule has 0 bridgehead atoms. The molecule has 1 N–H and O–H groups in total. The van der Waals surface area contributed by atoms with E-state index in [9.17, 15) is 0 Å². The topological polar surface area (TPSA) is 15.3 Å². The second kappa shape index (κ2) is 4.01. The molecular weight excluding hydrogens is 172 g/mol. The Morgan fingerprint density at radius 3 is 2.93 bits per heavy atom. The third kappa shape index (κ3) is 2.26. The zero-order valence-corrected chi connectivity index (χ0v) is 8.96. The average molecular weight is 190 g/mol. The lowest BCUT2D eigenvalue weighted by atomic mass is 10.2. The number of hydrogen-bond acceptors (Lipinski definition) is 2. The Balaban J connectivity index is 1.97. The van der Waals surface area contributed by atoms with E-state index < -0.39 is 0 Å². The van der Waals surface area contributed by atoms with Gasteiger partial charge < -0.3 is 10.2 Å². The Bertz CT molecular complexity index is 309. The number of rotatable bonds is 2. The molecule has 1 aromatic rings. The van der Waals surface area contributed by atoms with Gasteiger partial charge in [0.15, 0.2) is 0 Å². The van der Waals surface area contributed by atoms with Crippen molar-refractivity contribution in [3.05, 3.63) is 29.8 Å². The van der Waals surface area contributed by atoms with Crippen LogP contribution in [-0.2, 0) is 0 Å². The summed E-state index contributed by atoms with van der Waals surface area (Å²) in [6.45, 7) is 4.50. The van der Waals surface area contributed by atoms with Gasteiger partial charge in [-0.25, -0.2) is 0 Å². The van der Waals surface area contributed by atoms with Crippen LogP contribution in [0.25, 0.3) is 0 Å². The molecule has 1 unspecified atom stereocenters. The lowest BCUT2D eigenvalue weighted by molar-refractivity contribution is 0.414. The molecule has 1 heterocycles. The van der Waals surface area contributed by atoms with Gasteiger partial charge in [0.25, 0.3) is 0 Å². The van der Waals surface area contributed by atoms with E-state index in [0.29, 0.717) is 6.04 Å². The fourth-order valence-electron chi connectivity index (χ4n) is 2.02. The van der Waals surface area contributed by atoms with Crippen molar-refractivity contribution < 1.29 is 0 Å².